The van der Waals surface area contributed by atoms with E-state index in [1.807, 2.05) is 0 Å². The molecule has 0 radical (unpaired) electrons. The zero-order valence-electron chi connectivity index (χ0n) is 13.7. The van der Waals surface area contributed by atoms with Crippen LogP contribution in [0.25, 0.3) is 0 Å². The average molecular weight is 390 g/mol. The van der Waals surface area contributed by atoms with Crippen LogP contribution in [0.3, 0.4) is 0 Å². The largest absolute Gasteiger partial charge is 0.611 e. The van der Waals surface area contributed by atoms with Gasteiger partial charge >= 0.3 is 6.18 Å². The summed E-state index contributed by atoms with van der Waals surface area (Å²) in [5, 5.41) is 0.576. The van der Waals surface area contributed by atoms with Crippen molar-refractivity contribution >= 4 is 39.7 Å². The minimum absolute atomic E-state index is 0.0110. The van der Waals surface area contributed by atoms with Gasteiger partial charge in [-0.15, -0.1) is 0 Å². The van der Waals surface area contributed by atoms with Gasteiger partial charge in [0.2, 0.25) is 11.7 Å². The van der Waals surface area contributed by atoms with E-state index in [0.717, 1.165) is 18.4 Å². The lowest BCUT2D eigenvalue weighted by atomic mass is 10.1. The maximum Gasteiger partial charge on any atom is 0.433 e. The third kappa shape index (κ3) is 4.32. The number of hydrogen-bond acceptors (Lipinski definition) is 4. The molecule has 25 heavy (non-hydrogen) atoms. The SMILES string of the molecule is Cc1cc(C)c([S+]([O-])CC(F)(F)F)cc1/N=C1\SCC(=O)N1C1CC1. The van der Waals surface area contributed by atoms with Crippen LogP contribution >= 0.6 is 11.8 Å². The average Bonchev–Trinajstić information content (AvgIpc) is 3.24. The molecule has 1 aromatic rings. The number of benzene rings is 1. The van der Waals surface area contributed by atoms with Crippen LogP contribution in [0, 0.1) is 13.8 Å². The number of hydrogen-bond donors (Lipinski definition) is 0. The lowest BCUT2D eigenvalue weighted by molar-refractivity contribution is -0.124. The summed E-state index contributed by atoms with van der Waals surface area (Å²) in [4.78, 5) is 18.3. The van der Waals surface area contributed by atoms with Gasteiger partial charge in [0.25, 0.3) is 0 Å². The Bertz CT molecular complexity index is 733. The summed E-state index contributed by atoms with van der Waals surface area (Å²) in [6.07, 6.45) is -2.61. The molecule has 1 aliphatic carbocycles. The fraction of sp³-hybridized carbons (Fsp3) is 0.500. The third-order valence-electron chi connectivity index (χ3n) is 3.96. The molecular formula is C16H17F3N2O2S2. The van der Waals surface area contributed by atoms with Crippen molar-refractivity contribution in [1.82, 2.24) is 4.90 Å². The second kappa shape index (κ2) is 6.85. The molecular weight excluding hydrogens is 373 g/mol. The van der Waals surface area contributed by atoms with Crippen molar-refractivity contribution in [2.75, 3.05) is 11.5 Å². The van der Waals surface area contributed by atoms with Crippen LogP contribution in [0.4, 0.5) is 18.9 Å². The molecule has 1 saturated carbocycles. The first-order valence-electron chi connectivity index (χ1n) is 7.75. The first-order valence-corrected chi connectivity index (χ1v) is 10.1. The molecule has 1 saturated heterocycles. The molecule has 0 bridgehead atoms. The molecule has 1 aliphatic heterocycles. The predicted octanol–water partition coefficient (Wildman–Crippen LogP) is 3.70. The van der Waals surface area contributed by atoms with Gasteiger partial charge in [0.15, 0.2) is 10.1 Å². The van der Waals surface area contributed by atoms with Gasteiger partial charge in [-0.3, -0.25) is 9.69 Å². The topological polar surface area (TPSA) is 55.7 Å². The summed E-state index contributed by atoms with van der Waals surface area (Å²) in [6.45, 7) is 3.43. The summed E-state index contributed by atoms with van der Waals surface area (Å²) in [5.41, 5.74) is 1.77. The van der Waals surface area contributed by atoms with Crippen molar-refractivity contribution in [1.29, 1.82) is 0 Å². The quantitative estimate of drug-likeness (QED) is 0.737. The van der Waals surface area contributed by atoms with E-state index in [1.165, 1.54) is 17.8 Å². The second-order valence-electron chi connectivity index (χ2n) is 6.19. The van der Waals surface area contributed by atoms with Gasteiger partial charge in [0, 0.05) is 17.7 Å². The molecule has 0 aromatic heterocycles. The summed E-state index contributed by atoms with van der Waals surface area (Å²) < 4.78 is 49.7. The highest BCUT2D eigenvalue weighted by Crippen LogP contribution is 2.36. The van der Waals surface area contributed by atoms with Crippen LogP contribution in [0.5, 0.6) is 0 Å². The van der Waals surface area contributed by atoms with Crippen molar-refractivity contribution in [3.63, 3.8) is 0 Å². The van der Waals surface area contributed by atoms with E-state index in [0.29, 0.717) is 22.2 Å². The fourth-order valence-corrected chi connectivity index (χ4v) is 4.73. The highest BCUT2D eigenvalue weighted by Gasteiger charge is 2.40. The molecule has 136 valence electrons. The molecule has 9 heteroatoms. The first kappa shape index (κ1) is 18.6. The Hall–Kier alpha value is -1.19. The van der Waals surface area contributed by atoms with E-state index in [-0.39, 0.29) is 16.8 Å². The van der Waals surface area contributed by atoms with Gasteiger partial charge in [0.05, 0.1) is 11.4 Å². The Labute approximate surface area is 151 Å². The highest BCUT2D eigenvalue weighted by atomic mass is 32.2. The van der Waals surface area contributed by atoms with E-state index in [1.54, 1.807) is 24.8 Å². The standard InChI is InChI=1S/C16H17F3N2O2S2/c1-9-5-10(2)13(25(23)8-16(17,18)19)6-12(9)20-15-21(11-3-4-11)14(22)7-24-15/h5-6,11H,3-4,7-8H2,1-2H3/b20-15-. The van der Waals surface area contributed by atoms with Crippen molar-refractivity contribution in [2.45, 2.75) is 43.8 Å². The van der Waals surface area contributed by atoms with Crippen LogP contribution in [0.1, 0.15) is 24.0 Å². The maximum absolute atomic E-state index is 12.6. The van der Waals surface area contributed by atoms with E-state index in [4.69, 9.17) is 0 Å². The smallest absolute Gasteiger partial charge is 0.433 e. The summed E-state index contributed by atoms with van der Waals surface area (Å²) in [6, 6.07) is 3.32. The van der Waals surface area contributed by atoms with Gasteiger partial charge in [0.1, 0.15) is 0 Å². The van der Waals surface area contributed by atoms with E-state index in [2.05, 4.69) is 4.99 Å². The monoisotopic (exact) mass is 390 g/mol. The number of carbonyl (C=O) groups excluding carboxylic acids is 1. The minimum Gasteiger partial charge on any atom is -0.611 e. The molecule has 2 fully saturated rings. The molecule has 1 atom stereocenters. The minimum atomic E-state index is -4.50. The maximum atomic E-state index is 12.6. The molecule has 0 N–H and O–H groups in total. The molecule has 1 aromatic carbocycles. The number of alkyl halides is 3. The predicted molar refractivity (Wildman–Crippen MR) is 92.7 cm³/mol. The fourth-order valence-electron chi connectivity index (χ4n) is 2.67. The Morgan fingerprint density at radius 3 is 2.60 bits per heavy atom. The number of aryl methyl sites for hydroxylation is 2. The molecule has 4 nitrogen and oxygen atoms in total. The number of amides is 1. The summed E-state index contributed by atoms with van der Waals surface area (Å²) in [5.74, 6) is -1.04. The van der Waals surface area contributed by atoms with Crippen molar-refractivity contribution in [3.05, 3.63) is 23.3 Å². The molecule has 0 spiro atoms. The second-order valence-corrected chi connectivity index (χ2v) is 8.55. The number of nitrogens with zero attached hydrogens (tertiary/aromatic N) is 2. The van der Waals surface area contributed by atoms with Gasteiger partial charge in [-0.25, -0.2) is 4.99 Å². The van der Waals surface area contributed by atoms with Crippen LogP contribution in [-0.2, 0) is 16.0 Å². The van der Waals surface area contributed by atoms with Gasteiger partial charge in [-0.1, -0.05) is 11.8 Å². The number of thioether (sulfide) groups is 1. The molecule has 1 amide bonds. The number of amidine groups is 1. The van der Waals surface area contributed by atoms with Crippen LogP contribution in [0.2, 0.25) is 0 Å². The van der Waals surface area contributed by atoms with Crippen LogP contribution < -0.4 is 0 Å². The van der Waals surface area contributed by atoms with Crippen LogP contribution in [0.15, 0.2) is 22.0 Å². The Morgan fingerprint density at radius 1 is 1.32 bits per heavy atom. The number of rotatable bonds is 4. The van der Waals surface area contributed by atoms with Gasteiger partial charge in [-0.05, 0) is 49.5 Å². The van der Waals surface area contributed by atoms with E-state index >= 15 is 0 Å². The zero-order valence-corrected chi connectivity index (χ0v) is 15.4. The molecule has 2 aliphatic rings. The normalized spacial score (nSPS) is 21.3. The summed E-state index contributed by atoms with van der Waals surface area (Å²) in [7, 11) is 0. The van der Waals surface area contributed by atoms with Gasteiger partial charge < -0.3 is 4.55 Å². The zero-order chi connectivity index (χ0) is 18.4. The van der Waals surface area contributed by atoms with Crippen LogP contribution in [-0.4, -0.2) is 44.3 Å². The van der Waals surface area contributed by atoms with Crippen molar-refractivity contribution < 1.29 is 22.5 Å². The molecule has 1 unspecified atom stereocenters. The summed E-state index contributed by atoms with van der Waals surface area (Å²) >= 11 is -0.850. The lowest BCUT2D eigenvalue weighted by Gasteiger charge is -2.17. The lowest BCUT2D eigenvalue weighted by Crippen LogP contribution is -2.31. The number of aliphatic imine (C=N–C) groups is 1. The van der Waals surface area contributed by atoms with E-state index in [9.17, 15) is 22.5 Å². The highest BCUT2D eigenvalue weighted by molar-refractivity contribution is 8.15. The van der Waals surface area contributed by atoms with Crippen molar-refractivity contribution in [3.8, 4) is 0 Å². The first-order chi connectivity index (χ1) is 11.7. The molecule has 3 rings (SSSR count). The Balaban J connectivity index is 1.92. The Kier molecular flexibility index (Phi) is 5.09. The molecule has 1 heterocycles. The van der Waals surface area contributed by atoms with Crippen molar-refractivity contribution in [2.24, 2.45) is 4.99 Å². The number of carbonyl (C=O) groups is 1. The van der Waals surface area contributed by atoms with E-state index < -0.39 is 23.1 Å². The van der Waals surface area contributed by atoms with Gasteiger partial charge in [-0.2, -0.15) is 13.2 Å². The number of halogens is 3. The Morgan fingerprint density at radius 2 is 2.00 bits per heavy atom. The third-order valence-corrected chi connectivity index (χ3v) is 6.42.